The zero-order valence-electron chi connectivity index (χ0n) is 23.2. The van der Waals surface area contributed by atoms with Crippen molar-refractivity contribution < 1.29 is 19.4 Å². The zero-order chi connectivity index (χ0) is 29.4. The van der Waals surface area contributed by atoms with Gasteiger partial charge in [-0.1, -0.05) is 49.2 Å². The summed E-state index contributed by atoms with van der Waals surface area (Å²) >= 11 is 13.1. The van der Waals surface area contributed by atoms with Crippen molar-refractivity contribution in [2.24, 2.45) is 11.7 Å². The number of carbonyl (C=O) groups is 2. The molecule has 2 aromatic carbocycles. The van der Waals surface area contributed by atoms with Crippen LogP contribution in [0.3, 0.4) is 0 Å². The number of nitrogens with zero attached hydrogens (tertiary/aromatic N) is 2. The highest BCUT2D eigenvalue weighted by atomic mass is 35.5. The predicted molar refractivity (Wildman–Crippen MR) is 160 cm³/mol. The molecule has 1 heterocycles. The van der Waals surface area contributed by atoms with Gasteiger partial charge in [-0.05, 0) is 68.4 Å². The van der Waals surface area contributed by atoms with Crippen LogP contribution >= 0.6 is 23.2 Å². The first kappa shape index (κ1) is 31.4. The molecule has 0 aliphatic carbocycles. The molecule has 4 N–H and O–H groups in total. The molecule has 0 fully saturated rings. The maximum absolute atomic E-state index is 13.2. The monoisotopic (exact) mass is 586 g/mol. The van der Waals surface area contributed by atoms with E-state index in [0.29, 0.717) is 51.3 Å². The van der Waals surface area contributed by atoms with Crippen molar-refractivity contribution in [3.63, 3.8) is 0 Å². The summed E-state index contributed by atoms with van der Waals surface area (Å²) < 4.78 is 5.98. The summed E-state index contributed by atoms with van der Waals surface area (Å²) in [6.45, 7) is 5.40. The molecule has 8 nitrogen and oxygen atoms in total. The number of carboxylic acid groups (broad SMARTS) is 1. The highest BCUT2D eigenvalue weighted by Crippen LogP contribution is 2.38. The lowest BCUT2D eigenvalue weighted by Crippen LogP contribution is -2.40. The Morgan fingerprint density at radius 2 is 1.77 bits per heavy atom. The smallest absolute Gasteiger partial charge is 0.305 e. The molecule has 0 radical (unpaired) electrons. The SMILES string of the molecule is CC(C)[C@H](CC(=O)O)NC(=O)c1ccc(-c2cc(CN)ccc2Cl)c(-c2ccc(Cl)c(OCCCN(C)C)c2)n1. The van der Waals surface area contributed by atoms with Gasteiger partial charge in [-0.15, -0.1) is 0 Å². The summed E-state index contributed by atoms with van der Waals surface area (Å²) in [5.74, 6) is -1.04. The number of carbonyl (C=O) groups excluding carboxylic acids is 1. The van der Waals surface area contributed by atoms with Crippen molar-refractivity contribution in [3.05, 3.63) is 69.8 Å². The van der Waals surface area contributed by atoms with Crippen molar-refractivity contribution in [1.29, 1.82) is 0 Å². The summed E-state index contributed by atoms with van der Waals surface area (Å²) in [7, 11) is 4.00. The lowest BCUT2D eigenvalue weighted by molar-refractivity contribution is -0.137. The maximum atomic E-state index is 13.2. The van der Waals surface area contributed by atoms with Gasteiger partial charge in [-0.2, -0.15) is 0 Å². The van der Waals surface area contributed by atoms with E-state index in [0.717, 1.165) is 18.5 Å². The molecule has 0 bridgehead atoms. The van der Waals surface area contributed by atoms with Crippen LogP contribution in [0.1, 0.15) is 42.7 Å². The number of rotatable bonds is 13. The van der Waals surface area contributed by atoms with Crippen molar-refractivity contribution in [1.82, 2.24) is 15.2 Å². The quantitative estimate of drug-likeness (QED) is 0.218. The number of nitrogens with one attached hydrogen (secondary N) is 1. The molecule has 10 heteroatoms. The molecule has 0 aliphatic rings. The number of aliphatic carboxylic acids is 1. The summed E-state index contributed by atoms with van der Waals surface area (Å²) in [6.07, 6.45) is 0.628. The van der Waals surface area contributed by atoms with Crippen LogP contribution in [-0.2, 0) is 11.3 Å². The number of hydrogen-bond donors (Lipinski definition) is 3. The summed E-state index contributed by atoms with van der Waals surface area (Å²) in [6, 6.07) is 13.7. The molecule has 0 saturated carbocycles. The summed E-state index contributed by atoms with van der Waals surface area (Å²) in [4.78, 5) is 31.4. The fraction of sp³-hybridized carbons (Fsp3) is 0.367. The molecular formula is C30H36Cl2N4O4. The van der Waals surface area contributed by atoms with Gasteiger partial charge in [0.2, 0.25) is 0 Å². The lowest BCUT2D eigenvalue weighted by Gasteiger charge is -2.21. The molecule has 1 atom stereocenters. The first-order valence-electron chi connectivity index (χ1n) is 13.1. The first-order valence-corrected chi connectivity index (χ1v) is 13.9. The van der Waals surface area contributed by atoms with Crippen molar-refractivity contribution in [2.75, 3.05) is 27.2 Å². The average molecular weight is 588 g/mol. The van der Waals surface area contributed by atoms with Crippen LogP contribution in [0, 0.1) is 5.92 Å². The second kappa shape index (κ2) is 14.5. The lowest BCUT2D eigenvalue weighted by atomic mass is 9.96. The summed E-state index contributed by atoms with van der Waals surface area (Å²) in [5.41, 5.74) is 9.51. The number of aromatic nitrogens is 1. The van der Waals surface area contributed by atoms with E-state index in [-0.39, 0.29) is 18.0 Å². The molecule has 1 amide bonds. The van der Waals surface area contributed by atoms with Crippen LogP contribution in [0.2, 0.25) is 10.0 Å². The van der Waals surface area contributed by atoms with Gasteiger partial charge in [0.1, 0.15) is 11.4 Å². The van der Waals surface area contributed by atoms with Gasteiger partial charge in [0.15, 0.2) is 0 Å². The molecule has 0 saturated heterocycles. The van der Waals surface area contributed by atoms with Crippen molar-refractivity contribution in [3.8, 4) is 28.1 Å². The standard InChI is InChI=1S/C30H36Cl2N4O4/c1-18(2)26(16-28(37)38)35-30(39)25-11-8-21(22-14-19(17-33)6-9-23(22)31)29(34-25)20-7-10-24(32)27(15-20)40-13-5-12-36(3)4/h6-11,14-15,18,26H,5,12-13,16-17,33H2,1-4H3,(H,35,39)(H,37,38)/t26-/m0/s1. The van der Waals surface area contributed by atoms with Crippen LogP contribution in [-0.4, -0.2) is 60.2 Å². The highest BCUT2D eigenvalue weighted by Gasteiger charge is 2.23. The Labute approximate surface area is 245 Å². The largest absolute Gasteiger partial charge is 0.492 e. The van der Waals surface area contributed by atoms with Gasteiger partial charge in [0.25, 0.3) is 5.91 Å². The molecule has 214 valence electrons. The number of amides is 1. The highest BCUT2D eigenvalue weighted by molar-refractivity contribution is 6.33. The molecular weight excluding hydrogens is 551 g/mol. The molecule has 1 aromatic heterocycles. The fourth-order valence-corrected chi connectivity index (χ4v) is 4.53. The van der Waals surface area contributed by atoms with Gasteiger partial charge >= 0.3 is 5.97 Å². The molecule has 0 aliphatic heterocycles. The Morgan fingerprint density at radius 3 is 2.42 bits per heavy atom. The molecule has 3 aromatic rings. The van der Waals surface area contributed by atoms with Gasteiger partial charge < -0.3 is 25.8 Å². The number of ether oxygens (including phenoxy) is 1. The second-order valence-corrected chi connectivity index (χ2v) is 11.0. The third kappa shape index (κ3) is 8.41. The van der Waals surface area contributed by atoms with Crippen molar-refractivity contribution >= 4 is 35.1 Å². The molecule has 40 heavy (non-hydrogen) atoms. The van der Waals surface area contributed by atoms with E-state index in [1.165, 1.54) is 0 Å². The number of pyridine rings is 1. The number of hydrogen-bond acceptors (Lipinski definition) is 6. The van der Waals surface area contributed by atoms with Crippen LogP contribution in [0.15, 0.2) is 48.5 Å². The molecule has 0 unspecified atom stereocenters. The average Bonchev–Trinajstić information content (AvgIpc) is 2.91. The van der Waals surface area contributed by atoms with E-state index in [1.54, 1.807) is 30.3 Å². The maximum Gasteiger partial charge on any atom is 0.305 e. The van der Waals surface area contributed by atoms with Crippen LogP contribution in [0.4, 0.5) is 0 Å². The van der Waals surface area contributed by atoms with E-state index < -0.39 is 17.9 Å². The third-order valence-electron chi connectivity index (χ3n) is 6.41. The Kier molecular flexibility index (Phi) is 11.3. The minimum atomic E-state index is -0.989. The number of carboxylic acids is 1. The Morgan fingerprint density at radius 1 is 1.05 bits per heavy atom. The van der Waals surface area contributed by atoms with E-state index in [1.807, 2.05) is 46.1 Å². The zero-order valence-corrected chi connectivity index (χ0v) is 24.7. The van der Waals surface area contributed by atoms with Crippen LogP contribution in [0.5, 0.6) is 5.75 Å². The summed E-state index contributed by atoms with van der Waals surface area (Å²) in [5, 5.41) is 13.1. The van der Waals surface area contributed by atoms with Crippen LogP contribution < -0.4 is 15.8 Å². The minimum absolute atomic E-state index is 0.0833. The van der Waals surface area contributed by atoms with E-state index in [9.17, 15) is 14.7 Å². The second-order valence-electron chi connectivity index (χ2n) is 10.2. The predicted octanol–water partition coefficient (Wildman–Crippen LogP) is 5.74. The normalized spacial score (nSPS) is 12.0. The number of nitrogens with two attached hydrogens (primary N) is 1. The molecule has 0 spiro atoms. The topological polar surface area (TPSA) is 118 Å². The van der Waals surface area contributed by atoms with Gasteiger partial charge in [-0.25, -0.2) is 4.98 Å². The third-order valence-corrected chi connectivity index (χ3v) is 7.05. The Bertz CT molecular complexity index is 1350. The van der Waals surface area contributed by atoms with Crippen LogP contribution in [0.25, 0.3) is 22.4 Å². The van der Waals surface area contributed by atoms with E-state index >= 15 is 0 Å². The van der Waals surface area contributed by atoms with Gasteiger partial charge in [0.05, 0.1) is 23.7 Å². The molecule has 3 rings (SSSR count). The Balaban J connectivity index is 2.08. The van der Waals surface area contributed by atoms with Crippen molar-refractivity contribution in [2.45, 2.75) is 39.3 Å². The minimum Gasteiger partial charge on any atom is -0.492 e. The van der Waals surface area contributed by atoms with E-state index in [4.69, 9.17) is 38.7 Å². The van der Waals surface area contributed by atoms with E-state index in [2.05, 4.69) is 10.2 Å². The van der Waals surface area contributed by atoms with Gasteiger partial charge in [-0.3, -0.25) is 9.59 Å². The number of benzene rings is 2. The first-order chi connectivity index (χ1) is 19.0. The van der Waals surface area contributed by atoms with Gasteiger partial charge in [0, 0.05) is 40.8 Å². The number of halogens is 2. The fourth-order valence-electron chi connectivity index (χ4n) is 4.14. The Hall–Kier alpha value is -3.17.